The minimum Gasteiger partial charge on any atom is -0.480 e. The smallest absolute Gasteiger partial charge is 0.322 e. The molecule has 4 atom stereocenters. The summed E-state index contributed by atoms with van der Waals surface area (Å²) in [5, 5.41) is 20.4. The number of aliphatic carboxylic acids is 1. The SMILES string of the molecule is CCCC[C@H](NC(=O)[C@H](N)CC(C)C)C(=O)N[C@H](Cc1c[nH]c2ccccc12)C(=O)N[C@@H](Cc1cnc[nH]1)C(=O)NCC(=O)O. The van der Waals surface area contributed by atoms with Gasteiger partial charge >= 0.3 is 5.97 Å². The van der Waals surface area contributed by atoms with Gasteiger partial charge in [0, 0.05) is 41.8 Å². The summed E-state index contributed by atoms with van der Waals surface area (Å²) in [6, 6.07) is 3.44. The third-order valence-corrected chi connectivity index (χ3v) is 7.30. The van der Waals surface area contributed by atoms with Gasteiger partial charge < -0.3 is 42.1 Å². The topological polar surface area (TPSA) is 224 Å². The highest BCUT2D eigenvalue weighted by Crippen LogP contribution is 2.19. The van der Waals surface area contributed by atoms with E-state index in [1.54, 1.807) is 6.20 Å². The number of imidazole rings is 1. The minimum atomic E-state index is -1.24. The van der Waals surface area contributed by atoms with Crippen molar-refractivity contribution < 1.29 is 29.1 Å². The number of unbranched alkanes of at least 4 members (excludes halogenated alkanes) is 1. The fraction of sp³-hybridized carbons (Fsp3) is 0.484. The number of nitrogens with zero attached hydrogens (tertiary/aromatic N) is 1. The van der Waals surface area contributed by atoms with E-state index in [-0.39, 0.29) is 18.8 Å². The van der Waals surface area contributed by atoms with Crippen molar-refractivity contribution in [1.29, 1.82) is 0 Å². The van der Waals surface area contributed by atoms with Crippen molar-refractivity contribution in [2.24, 2.45) is 11.7 Å². The Morgan fingerprint density at radius 2 is 1.58 bits per heavy atom. The van der Waals surface area contributed by atoms with Crippen molar-refractivity contribution in [3.8, 4) is 0 Å². The van der Waals surface area contributed by atoms with E-state index in [9.17, 15) is 24.0 Å². The van der Waals surface area contributed by atoms with Gasteiger partial charge in [-0.15, -0.1) is 0 Å². The zero-order chi connectivity index (χ0) is 32.9. The number of amides is 4. The van der Waals surface area contributed by atoms with Gasteiger partial charge in [-0.05, 0) is 30.4 Å². The highest BCUT2D eigenvalue weighted by Gasteiger charge is 2.31. The molecule has 0 aliphatic heterocycles. The van der Waals surface area contributed by atoms with Crippen LogP contribution in [0, 0.1) is 5.92 Å². The van der Waals surface area contributed by atoms with Gasteiger partial charge in [0.25, 0.3) is 0 Å². The second-order valence-corrected chi connectivity index (χ2v) is 11.5. The molecule has 0 aliphatic rings. The summed E-state index contributed by atoms with van der Waals surface area (Å²) in [5.41, 5.74) is 8.20. The summed E-state index contributed by atoms with van der Waals surface area (Å²) in [4.78, 5) is 74.4. The van der Waals surface area contributed by atoms with E-state index in [1.165, 1.54) is 12.5 Å². The molecule has 0 saturated heterocycles. The number of carboxylic acids is 1. The molecule has 0 bridgehead atoms. The van der Waals surface area contributed by atoms with Gasteiger partial charge in [0.15, 0.2) is 0 Å². The third kappa shape index (κ3) is 10.7. The van der Waals surface area contributed by atoms with Crippen molar-refractivity contribution in [2.75, 3.05) is 6.54 Å². The van der Waals surface area contributed by atoms with E-state index in [1.807, 2.05) is 45.0 Å². The first-order valence-electron chi connectivity index (χ1n) is 15.2. The lowest BCUT2D eigenvalue weighted by Crippen LogP contribution is -2.58. The van der Waals surface area contributed by atoms with Gasteiger partial charge in [-0.2, -0.15) is 0 Å². The van der Waals surface area contributed by atoms with Crippen LogP contribution in [-0.4, -0.2) is 80.4 Å². The van der Waals surface area contributed by atoms with Gasteiger partial charge in [0.1, 0.15) is 24.7 Å². The number of nitrogens with two attached hydrogens (primary N) is 1. The molecule has 0 fully saturated rings. The first-order valence-corrected chi connectivity index (χ1v) is 15.2. The standard InChI is InChI=1S/C31H44N8O6/c1-4-5-9-24(37-28(42)22(32)11-18(2)3)30(44)38-25(12-19-14-34-23-10-7-6-8-21(19)23)31(45)39-26(13-20-15-33-17-36-20)29(43)35-16-27(40)41/h6-8,10,14-15,17-18,22,24-26,34H,4-5,9,11-13,16,32H2,1-3H3,(H,33,36)(H,35,43)(H,37,42)(H,38,44)(H,39,45)(H,40,41)/t22-,24+,25-,26+/m1/s1. The Kier molecular flexibility index (Phi) is 13.1. The Labute approximate surface area is 261 Å². The molecule has 3 rings (SSSR count). The number of H-pyrrole nitrogens is 2. The Balaban J connectivity index is 1.88. The van der Waals surface area contributed by atoms with Crippen LogP contribution in [0.15, 0.2) is 43.0 Å². The fourth-order valence-electron chi connectivity index (χ4n) is 4.96. The molecule has 1 aromatic carbocycles. The third-order valence-electron chi connectivity index (χ3n) is 7.30. The number of benzene rings is 1. The zero-order valence-corrected chi connectivity index (χ0v) is 25.9. The molecule has 244 valence electrons. The second kappa shape index (κ2) is 16.9. The van der Waals surface area contributed by atoms with Crippen molar-refractivity contribution in [3.05, 3.63) is 54.2 Å². The number of aromatic nitrogens is 3. The Bertz CT molecular complexity index is 1440. The van der Waals surface area contributed by atoms with Crippen LogP contribution >= 0.6 is 0 Å². The summed E-state index contributed by atoms with van der Waals surface area (Å²) in [5.74, 6) is -3.46. The number of carboxylic acid groups (broad SMARTS) is 1. The summed E-state index contributed by atoms with van der Waals surface area (Å²) in [6.45, 7) is 5.22. The molecule has 2 aromatic heterocycles. The molecule has 4 amide bonds. The monoisotopic (exact) mass is 624 g/mol. The number of nitrogens with one attached hydrogen (secondary N) is 6. The van der Waals surface area contributed by atoms with E-state index in [4.69, 9.17) is 10.8 Å². The van der Waals surface area contributed by atoms with E-state index in [2.05, 4.69) is 36.2 Å². The van der Waals surface area contributed by atoms with Crippen LogP contribution in [0.2, 0.25) is 0 Å². The number of aromatic amines is 2. The first kappa shape index (κ1) is 34.8. The molecule has 2 heterocycles. The van der Waals surface area contributed by atoms with Crippen molar-refractivity contribution in [2.45, 2.75) is 83.5 Å². The number of hydrogen-bond donors (Lipinski definition) is 8. The first-order chi connectivity index (χ1) is 21.5. The molecule has 3 aromatic rings. The maximum atomic E-state index is 13.8. The van der Waals surface area contributed by atoms with Crippen LogP contribution in [0.4, 0.5) is 0 Å². The Morgan fingerprint density at radius 1 is 0.911 bits per heavy atom. The lowest BCUT2D eigenvalue weighted by Gasteiger charge is -2.26. The summed E-state index contributed by atoms with van der Waals surface area (Å²) >= 11 is 0. The molecule has 14 heteroatoms. The van der Waals surface area contributed by atoms with Crippen molar-refractivity contribution in [3.63, 3.8) is 0 Å². The van der Waals surface area contributed by atoms with E-state index >= 15 is 0 Å². The van der Waals surface area contributed by atoms with Gasteiger partial charge in [0.05, 0.1) is 12.4 Å². The number of rotatable bonds is 18. The molecular formula is C31H44N8O6. The Hall–Kier alpha value is -4.72. The molecule has 0 radical (unpaired) electrons. The van der Waals surface area contributed by atoms with Crippen LogP contribution < -0.4 is 27.0 Å². The van der Waals surface area contributed by atoms with Crippen LogP contribution in [-0.2, 0) is 36.8 Å². The largest absolute Gasteiger partial charge is 0.480 e. The maximum Gasteiger partial charge on any atom is 0.322 e. The average molecular weight is 625 g/mol. The molecular weight excluding hydrogens is 580 g/mol. The predicted octanol–water partition coefficient (Wildman–Crippen LogP) is 0.895. The van der Waals surface area contributed by atoms with Gasteiger partial charge in [-0.3, -0.25) is 24.0 Å². The zero-order valence-electron chi connectivity index (χ0n) is 25.9. The predicted molar refractivity (Wildman–Crippen MR) is 168 cm³/mol. The molecule has 14 nitrogen and oxygen atoms in total. The maximum absolute atomic E-state index is 13.8. The fourth-order valence-corrected chi connectivity index (χ4v) is 4.96. The average Bonchev–Trinajstić information content (AvgIpc) is 3.66. The Morgan fingerprint density at radius 3 is 2.22 bits per heavy atom. The van der Waals surface area contributed by atoms with E-state index in [0.717, 1.165) is 22.9 Å². The number of carbonyl (C=O) groups is 5. The van der Waals surface area contributed by atoms with Crippen LogP contribution in [0.3, 0.4) is 0 Å². The normalized spacial score (nSPS) is 13.9. The molecule has 0 unspecified atom stereocenters. The van der Waals surface area contributed by atoms with Gasteiger partial charge in [-0.1, -0.05) is 51.8 Å². The lowest BCUT2D eigenvalue weighted by atomic mass is 10.0. The molecule has 45 heavy (non-hydrogen) atoms. The van der Waals surface area contributed by atoms with Crippen molar-refractivity contribution in [1.82, 2.24) is 36.2 Å². The minimum absolute atomic E-state index is 0.00609. The van der Waals surface area contributed by atoms with Crippen LogP contribution in [0.25, 0.3) is 10.9 Å². The summed E-state index contributed by atoms with van der Waals surface area (Å²) < 4.78 is 0. The van der Waals surface area contributed by atoms with Gasteiger partial charge in [0.2, 0.25) is 23.6 Å². The number of para-hydroxylation sites is 1. The van der Waals surface area contributed by atoms with Crippen LogP contribution in [0.5, 0.6) is 0 Å². The number of fused-ring (bicyclic) bond motifs is 1. The summed E-state index contributed by atoms with van der Waals surface area (Å²) in [6.07, 6.45) is 6.92. The molecule has 9 N–H and O–H groups in total. The molecule has 0 saturated carbocycles. The molecule has 0 spiro atoms. The van der Waals surface area contributed by atoms with Gasteiger partial charge in [-0.25, -0.2) is 4.98 Å². The highest BCUT2D eigenvalue weighted by molar-refractivity contribution is 5.96. The van der Waals surface area contributed by atoms with E-state index < -0.39 is 60.3 Å². The van der Waals surface area contributed by atoms with Crippen LogP contribution in [0.1, 0.15) is 57.7 Å². The number of hydrogen-bond acceptors (Lipinski definition) is 7. The second-order valence-electron chi connectivity index (χ2n) is 11.5. The lowest BCUT2D eigenvalue weighted by molar-refractivity contribution is -0.138. The van der Waals surface area contributed by atoms with Crippen molar-refractivity contribution >= 4 is 40.5 Å². The number of carbonyl (C=O) groups excluding carboxylic acids is 4. The van der Waals surface area contributed by atoms with E-state index in [0.29, 0.717) is 25.0 Å². The highest BCUT2D eigenvalue weighted by atomic mass is 16.4. The summed E-state index contributed by atoms with van der Waals surface area (Å²) in [7, 11) is 0. The quantitative estimate of drug-likeness (QED) is 0.101. The molecule has 0 aliphatic carbocycles.